The fraction of sp³-hybridized carbons (Fsp3) is 0.353. The van der Waals surface area contributed by atoms with E-state index in [-0.39, 0.29) is 29.2 Å². The fourth-order valence-corrected chi connectivity index (χ4v) is 3.38. The van der Waals surface area contributed by atoms with Gasteiger partial charge in [0.25, 0.3) is 0 Å². The van der Waals surface area contributed by atoms with Crippen LogP contribution < -0.4 is 10.2 Å². The van der Waals surface area contributed by atoms with Crippen molar-refractivity contribution in [2.75, 3.05) is 30.4 Å². The van der Waals surface area contributed by atoms with E-state index < -0.39 is 4.92 Å². The number of nitrogens with zero attached hydrogens (tertiary/aromatic N) is 4. The molecule has 9 nitrogen and oxygen atoms in total. The number of anilines is 3. The molecule has 1 aromatic heterocycles. The zero-order valence-corrected chi connectivity index (χ0v) is 16.7. The molecule has 0 radical (unpaired) electrons. The number of hydrogen-bond acceptors (Lipinski definition) is 8. The Morgan fingerprint density at radius 2 is 1.96 bits per heavy atom. The molecule has 0 atom stereocenters. The molecular formula is C17H18IN5O4. The lowest BCUT2D eigenvalue weighted by Crippen LogP contribution is -2.37. The Morgan fingerprint density at radius 1 is 1.30 bits per heavy atom. The highest BCUT2D eigenvalue weighted by Gasteiger charge is 2.32. The highest BCUT2D eigenvalue weighted by Crippen LogP contribution is 2.35. The van der Waals surface area contributed by atoms with Gasteiger partial charge in [0.05, 0.1) is 18.0 Å². The number of halogens is 1. The highest BCUT2D eigenvalue weighted by atomic mass is 127. The first-order valence-corrected chi connectivity index (χ1v) is 9.42. The number of aromatic nitrogens is 2. The second-order valence-electron chi connectivity index (χ2n) is 6.07. The number of rotatable bonds is 5. The van der Waals surface area contributed by atoms with Crippen molar-refractivity contribution in [3.8, 4) is 0 Å². The summed E-state index contributed by atoms with van der Waals surface area (Å²) in [6.45, 7) is 0.973. The lowest BCUT2D eigenvalue weighted by molar-refractivity contribution is -0.383. The third-order valence-corrected chi connectivity index (χ3v) is 5.14. The van der Waals surface area contributed by atoms with Crippen molar-refractivity contribution >= 4 is 51.6 Å². The molecule has 1 aliphatic heterocycles. The lowest BCUT2D eigenvalue weighted by atomic mass is 9.97. The fourth-order valence-electron chi connectivity index (χ4n) is 3.02. The highest BCUT2D eigenvalue weighted by molar-refractivity contribution is 14.1. The first-order valence-electron chi connectivity index (χ1n) is 8.34. The lowest BCUT2D eigenvalue weighted by Gasteiger charge is -2.31. The quantitative estimate of drug-likeness (QED) is 0.299. The van der Waals surface area contributed by atoms with Gasteiger partial charge in [0.15, 0.2) is 0 Å². The van der Waals surface area contributed by atoms with Gasteiger partial charge in [0.1, 0.15) is 6.33 Å². The Kier molecular flexibility index (Phi) is 6.04. The first kappa shape index (κ1) is 19.3. The van der Waals surface area contributed by atoms with Crippen LogP contribution in [-0.4, -0.2) is 41.1 Å². The summed E-state index contributed by atoms with van der Waals surface area (Å²) in [6, 6.07) is 7.45. The van der Waals surface area contributed by atoms with E-state index in [1.54, 1.807) is 0 Å². The Hall–Kier alpha value is -2.50. The maximum atomic E-state index is 11.7. The molecule has 2 aromatic rings. The van der Waals surface area contributed by atoms with Crippen LogP contribution in [0.15, 0.2) is 30.6 Å². The smallest absolute Gasteiger partial charge is 0.353 e. The molecule has 1 N–H and O–H groups in total. The van der Waals surface area contributed by atoms with Gasteiger partial charge in [-0.2, -0.15) is 0 Å². The van der Waals surface area contributed by atoms with Gasteiger partial charge in [0, 0.05) is 22.3 Å². The van der Waals surface area contributed by atoms with Crippen molar-refractivity contribution in [3.05, 3.63) is 44.3 Å². The summed E-state index contributed by atoms with van der Waals surface area (Å²) >= 11 is 2.19. The Bertz CT molecular complexity index is 838. The van der Waals surface area contributed by atoms with Crippen LogP contribution in [0.2, 0.25) is 0 Å². The predicted octanol–water partition coefficient (Wildman–Crippen LogP) is 3.12. The molecule has 1 aliphatic rings. The average molecular weight is 483 g/mol. The van der Waals surface area contributed by atoms with E-state index >= 15 is 0 Å². The minimum absolute atomic E-state index is 0.140. The number of carbonyl (C=O) groups is 1. The maximum Gasteiger partial charge on any atom is 0.353 e. The van der Waals surface area contributed by atoms with Crippen molar-refractivity contribution in [1.29, 1.82) is 0 Å². The number of benzene rings is 1. The summed E-state index contributed by atoms with van der Waals surface area (Å²) in [5.41, 5.74) is 0.528. The molecule has 0 spiro atoms. The number of carbonyl (C=O) groups excluding carboxylic acids is 1. The van der Waals surface area contributed by atoms with Gasteiger partial charge in [-0.05, 0) is 59.7 Å². The van der Waals surface area contributed by atoms with Crippen LogP contribution in [0.1, 0.15) is 12.8 Å². The largest absolute Gasteiger partial charge is 0.469 e. The van der Waals surface area contributed by atoms with Crippen LogP contribution in [0.4, 0.5) is 23.0 Å². The molecule has 0 amide bonds. The Labute approximate surface area is 169 Å². The minimum Gasteiger partial charge on any atom is -0.469 e. The summed E-state index contributed by atoms with van der Waals surface area (Å²) in [4.78, 5) is 33.0. The third-order valence-electron chi connectivity index (χ3n) is 4.42. The topological polar surface area (TPSA) is 110 Å². The van der Waals surface area contributed by atoms with Crippen molar-refractivity contribution in [2.24, 2.45) is 5.92 Å². The van der Waals surface area contributed by atoms with Gasteiger partial charge in [-0.15, -0.1) is 0 Å². The van der Waals surface area contributed by atoms with E-state index in [9.17, 15) is 14.9 Å². The zero-order valence-electron chi connectivity index (χ0n) is 14.6. The number of ether oxygens (including phenoxy) is 1. The monoisotopic (exact) mass is 483 g/mol. The molecule has 10 heteroatoms. The van der Waals surface area contributed by atoms with E-state index in [1.165, 1.54) is 13.4 Å². The van der Waals surface area contributed by atoms with E-state index in [0.717, 1.165) is 3.57 Å². The molecule has 2 heterocycles. The van der Waals surface area contributed by atoms with Crippen LogP contribution in [0.3, 0.4) is 0 Å². The molecular weight excluding hydrogens is 465 g/mol. The molecule has 0 aliphatic carbocycles. The van der Waals surface area contributed by atoms with Crippen LogP contribution in [0, 0.1) is 19.6 Å². The van der Waals surface area contributed by atoms with E-state index in [4.69, 9.17) is 4.74 Å². The molecule has 0 bridgehead atoms. The van der Waals surface area contributed by atoms with Crippen molar-refractivity contribution < 1.29 is 14.5 Å². The van der Waals surface area contributed by atoms with Crippen molar-refractivity contribution in [3.63, 3.8) is 0 Å². The van der Waals surface area contributed by atoms with Crippen molar-refractivity contribution in [1.82, 2.24) is 9.97 Å². The van der Waals surface area contributed by atoms with Crippen LogP contribution in [0.5, 0.6) is 0 Å². The van der Waals surface area contributed by atoms with E-state index in [2.05, 4.69) is 37.9 Å². The number of piperidine rings is 1. The second-order valence-corrected chi connectivity index (χ2v) is 7.31. The maximum absolute atomic E-state index is 11.7. The SMILES string of the molecule is COC(=O)C1CCN(c2ncnc(Nc3ccc(I)cc3)c2[N+](=O)[O-])CC1. The van der Waals surface area contributed by atoms with Crippen molar-refractivity contribution in [2.45, 2.75) is 12.8 Å². The molecule has 0 unspecified atom stereocenters. The molecule has 0 saturated carbocycles. The summed E-state index contributed by atoms with van der Waals surface area (Å²) < 4.78 is 5.84. The van der Waals surface area contributed by atoms with Gasteiger partial charge in [-0.3, -0.25) is 14.9 Å². The summed E-state index contributed by atoms with van der Waals surface area (Å²) in [5.74, 6) is -0.0305. The Balaban J connectivity index is 1.85. The molecule has 1 aromatic carbocycles. The summed E-state index contributed by atoms with van der Waals surface area (Å²) in [6.07, 6.45) is 2.44. The molecule has 1 fully saturated rings. The summed E-state index contributed by atoms with van der Waals surface area (Å²) in [7, 11) is 1.37. The predicted molar refractivity (Wildman–Crippen MR) is 108 cm³/mol. The van der Waals surface area contributed by atoms with Gasteiger partial charge in [-0.25, -0.2) is 9.97 Å². The van der Waals surface area contributed by atoms with Gasteiger partial charge in [0.2, 0.25) is 11.6 Å². The molecule has 1 saturated heterocycles. The molecule has 142 valence electrons. The van der Waals surface area contributed by atoms with E-state index in [1.807, 2.05) is 29.2 Å². The van der Waals surface area contributed by atoms with E-state index in [0.29, 0.717) is 31.6 Å². The summed E-state index contributed by atoms with van der Waals surface area (Å²) in [5, 5.41) is 14.7. The van der Waals surface area contributed by atoms with Crippen LogP contribution in [0.25, 0.3) is 0 Å². The second kappa shape index (κ2) is 8.46. The number of methoxy groups -OCH3 is 1. The Morgan fingerprint density at radius 3 is 2.56 bits per heavy atom. The van der Waals surface area contributed by atoms with Crippen LogP contribution in [-0.2, 0) is 9.53 Å². The standard InChI is InChI=1S/C17H18IN5O4/c1-27-17(24)11-6-8-22(9-7-11)16-14(23(25)26)15(19-10-20-16)21-13-4-2-12(18)3-5-13/h2-5,10-11H,6-9H2,1H3,(H,19,20,21). The number of nitro groups is 1. The average Bonchev–Trinajstić information content (AvgIpc) is 2.69. The number of nitrogens with one attached hydrogen (secondary N) is 1. The minimum atomic E-state index is -0.475. The third kappa shape index (κ3) is 4.43. The van der Waals surface area contributed by atoms with Gasteiger partial charge >= 0.3 is 11.7 Å². The first-order chi connectivity index (χ1) is 13.0. The normalized spacial score (nSPS) is 14.7. The van der Waals surface area contributed by atoms with Gasteiger partial charge < -0.3 is 15.0 Å². The number of esters is 1. The number of hydrogen-bond donors (Lipinski definition) is 1. The van der Waals surface area contributed by atoms with Crippen LogP contribution >= 0.6 is 22.6 Å². The molecule has 3 rings (SSSR count). The van der Waals surface area contributed by atoms with Gasteiger partial charge in [-0.1, -0.05) is 0 Å². The molecule has 27 heavy (non-hydrogen) atoms. The zero-order chi connectivity index (χ0) is 19.4.